The van der Waals surface area contributed by atoms with Crippen molar-refractivity contribution >= 4 is 23.3 Å². The van der Waals surface area contributed by atoms with E-state index in [0.29, 0.717) is 28.8 Å². The molecule has 3 fully saturated rings. The van der Waals surface area contributed by atoms with Crippen LogP contribution in [-0.2, 0) is 9.59 Å². The van der Waals surface area contributed by atoms with E-state index in [1.807, 2.05) is 0 Å². The minimum Gasteiger partial charge on any atom is -0.483 e. The minimum absolute atomic E-state index is 0.148. The third-order valence-corrected chi connectivity index (χ3v) is 7.29. The van der Waals surface area contributed by atoms with Gasteiger partial charge >= 0.3 is 0 Å². The highest BCUT2D eigenvalue weighted by molar-refractivity contribution is 6.23. The van der Waals surface area contributed by atoms with Crippen LogP contribution in [0, 0.1) is 41.3 Å². The molecule has 0 radical (unpaired) electrons. The van der Waals surface area contributed by atoms with E-state index in [2.05, 4.69) is 12.2 Å². The van der Waals surface area contributed by atoms with Gasteiger partial charge in [0.15, 0.2) is 12.4 Å². The molecule has 6 atom stereocenters. The number of imide groups is 1. The van der Waals surface area contributed by atoms with Crippen LogP contribution in [0.4, 0.5) is 10.1 Å². The second-order valence-electron chi connectivity index (χ2n) is 8.85. The molecule has 0 N–H and O–H groups in total. The van der Waals surface area contributed by atoms with Crippen molar-refractivity contribution in [2.75, 3.05) is 11.5 Å². The number of amides is 2. The molecule has 2 saturated carbocycles. The first kappa shape index (κ1) is 18.5. The van der Waals surface area contributed by atoms with Gasteiger partial charge in [-0.15, -0.1) is 0 Å². The number of ether oxygens (including phenoxy) is 1. The smallest absolute Gasteiger partial charge is 0.238 e. The Morgan fingerprint density at radius 2 is 1.55 bits per heavy atom. The standard InChI is InChI=1S/C25H20FNO4/c26-14-7-5-13(6-8-14)20(28)12-31-21-4-2-1-3-19(21)27-24(29)22-15-9-10-16(18-11-17(15)18)23(22)25(27)30/h1-10,15-18,22-23H,11-12H2/t15-,16+,17-,18-,22+,23+/m1/s1. The molecule has 4 aliphatic carbocycles. The Hall–Kier alpha value is -3.28. The Balaban J connectivity index is 1.26. The molecule has 1 saturated heterocycles. The molecule has 7 rings (SSSR count). The molecule has 5 nitrogen and oxygen atoms in total. The van der Waals surface area contributed by atoms with Gasteiger partial charge in [-0.2, -0.15) is 0 Å². The summed E-state index contributed by atoms with van der Waals surface area (Å²) in [6.07, 6.45) is 5.39. The molecule has 2 aromatic rings. The number of hydrogen-bond acceptors (Lipinski definition) is 4. The maximum Gasteiger partial charge on any atom is 0.238 e. The van der Waals surface area contributed by atoms with E-state index in [9.17, 15) is 18.8 Å². The number of rotatable bonds is 5. The van der Waals surface area contributed by atoms with Gasteiger partial charge in [0.2, 0.25) is 11.8 Å². The van der Waals surface area contributed by atoms with Gasteiger partial charge in [-0.3, -0.25) is 14.4 Å². The van der Waals surface area contributed by atoms with E-state index >= 15 is 0 Å². The molecular weight excluding hydrogens is 397 g/mol. The van der Waals surface area contributed by atoms with Crippen LogP contribution in [0.2, 0.25) is 0 Å². The van der Waals surface area contributed by atoms with E-state index in [-0.39, 0.29) is 47.9 Å². The van der Waals surface area contributed by atoms with E-state index in [1.54, 1.807) is 24.3 Å². The number of anilines is 1. The van der Waals surface area contributed by atoms with E-state index < -0.39 is 5.82 Å². The summed E-state index contributed by atoms with van der Waals surface area (Å²) < 4.78 is 18.8. The molecule has 6 heteroatoms. The third kappa shape index (κ3) is 2.70. The zero-order valence-corrected chi connectivity index (χ0v) is 16.6. The highest BCUT2D eigenvalue weighted by Gasteiger charge is 2.67. The number of nitrogens with zero attached hydrogens (tertiary/aromatic N) is 1. The molecule has 2 aromatic carbocycles. The van der Waals surface area contributed by atoms with Gasteiger partial charge in [-0.25, -0.2) is 9.29 Å². The third-order valence-electron chi connectivity index (χ3n) is 7.29. The van der Waals surface area contributed by atoms with Gasteiger partial charge in [0.05, 0.1) is 17.5 Å². The Kier molecular flexibility index (Phi) is 3.94. The quantitative estimate of drug-likeness (QED) is 0.423. The van der Waals surface area contributed by atoms with Crippen LogP contribution < -0.4 is 9.64 Å². The van der Waals surface area contributed by atoms with Gasteiger partial charge in [-0.05, 0) is 66.5 Å². The first-order valence-corrected chi connectivity index (χ1v) is 10.6. The molecule has 0 spiro atoms. The number of Topliss-reactive ketones (excluding diaryl/α,β-unsaturated/α-hetero) is 1. The predicted octanol–water partition coefficient (Wildman–Crippen LogP) is 3.64. The van der Waals surface area contributed by atoms with E-state index in [4.69, 9.17) is 4.74 Å². The first-order chi connectivity index (χ1) is 15.0. The number of carbonyl (C=O) groups excluding carboxylic acids is 3. The summed E-state index contributed by atoms with van der Waals surface area (Å²) in [5, 5.41) is 0. The number of ketones is 1. The lowest BCUT2D eigenvalue weighted by Gasteiger charge is -2.37. The van der Waals surface area contributed by atoms with Gasteiger partial charge in [0, 0.05) is 5.56 Å². The summed E-state index contributed by atoms with van der Waals surface area (Å²) in [7, 11) is 0. The van der Waals surface area contributed by atoms with Crippen molar-refractivity contribution in [1.82, 2.24) is 0 Å². The van der Waals surface area contributed by atoms with Crippen molar-refractivity contribution < 1.29 is 23.5 Å². The molecular formula is C25H20FNO4. The lowest BCUT2D eigenvalue weighted by molar-refractivity contribution is -0.124. The van der Waals surface area contributed by atoms with Gasteiger partial charge in [0.25, 0.3) is 0 Å². The van der Waals surface area contributed by atoms with E-state index in [1.165, 1.54) is 29.2 Å². The van der Waals surface area contributed by atoms with Crippen molar-refractivity contribution in [3.05, 3.63) is 72.1 Å². The number of hydrogen-bond donors (Lipinski definition) is 0. The Morgan fingerprint density at radius 1 is 0.935 bits per heavy atom. The van der Waals surface area contributed by atoms with Crippen molar-refractivity contribution in [3.63, 3.8) is 0 Å². The Bertz CT molecular complexity index is 1100. The zero-order valence-electron chi connectivity index (χ0n) is 16.6. The van der Waals surface area contributed by atoms with Crippen molar-refractivity contribution in [2.45, 2.75) is 6.42 Å². The summed E-state index contributed by atoms with van der Waals surface area (Å²) >= 11 is 0. The summed E-state index contributed by atoms with van der Waals surface area (Å²) in [5.41, 5.74) is 0.715. The van der Waals surface area contributed by atoms with Crippen LogP contribution in [-0.4, -0.2) is 24.2 Å². The van der Waals surface area contributed by atoms with Crippen LogP contribution in [0.1, 0.15) is 16.8 Å². The maximum absolute atomic E-state index is 13.4. The molecule has 2 amide bonds. The Labute approximate surface area is 178 Å². The molecule has 1 heterocycles. The molecule has 0 unspecified atom stereocenters. The molecule has 5 aliphatic rings. The van der Waals surface area contributed by atoms with Crippen LogP contribution in [0.3, 0.4) is 0 Å². The minimum atomic E-state index is -0.420. The highest BCUT2D eigenvalue weighted by Crippen LogP contribution is 2.65. The number of para-hydroxylation sites is 2. The van der Waals surface area contributed by atoms with Crippen LogP contribution in [0.25, 0.3) is 0 Å². The molecule has 156 valence electrons. The van der Waals surface area contributed by atoms with Crippen LogP contribution >= 0.6 is 0 Å². The first-order valence-electron chi connectivity index (χ1n) is 10.6. The number of allylic oxidation sites excluding steroid dienone is 2. The number of carbonyl (C=O) groups is 3. The topological polar surface area (TPSA) is 63.7 Å². The van der Waals surface area contributed by atoms with E-state index in [0.717, 1.165) is 6.42 Å². The predicted molar refractivity (Wildman–Crippen MR) is 110 cm³/mol. The molecule has 1 aliphatic heterocycles. The second-order valence-corrected chi connectivity index (χ2v) is 8.85. The lowest BCUT2D eigenvalue weighted by atomic mass is 9.63. The molecule has 2 bridgehead atoms. The fourth-order valence-electron chi connectivity index (χ4n) is 5.82. The summed E-state index contributed by atoms with van der Waals surface area (Å²) in [5.74, 6) is 0.0244. The Morgan fingerprint density at radius 3 is 2.19 bits per heavy atom. The van der Waals surface area contributed by atoms with Crippen molar-refractivity contribution in [3.8, 4) is 5.75 Å². The fourth-order valence-corrected chi connectivity index (χ4v) is 5.82. The normalized spacial score (nSPS) is 32.1. The summed E-state index contributed by atoms with van der Waals surface area (Å²) in [6, 6.07) is 12.1. The summed E-state index contributed by atoms with van der Waals surface area (Å²) in [6.45, 7) is -0.275. The van der Waals surface area contributed by atoms with Crippen molar-refractivity contribution in [2.24, 2.45) is 35.5 Å². The second kappa shape index (κ2) is 6.61. The number of benzene rings is 2. The van der Waals surface area contributed by atoms with Gasteiger partial charge < -0.3 is 4.74 Å². The monoisotopic (exact) mass is 417 g/mol. The largest absolute Gasteiger partial charge is 0.483 e. The van der Waals surface area contributed by atoms with Gasteiger partial charge in [0.1, 0.15) is 11.6 Å². The average Bonchev–Trinajstić information content (AvgIpc) is 3.56. The molecule has 0 aromatic heterocycles. The highest BCUT2D eigenvalue weighted by atomic mass is 19.1. The maximum atomic E-state index is 13.4. The SMILES string of the molecule is O=C(COc1ccccc1N1C(=O)[C@H]2[C@@H]3C=C[C@@H]([C@H]4C[C@H]34)[C@@H]2C1=O)c1ccc(F)cc1. The van der Waals surface area contributed by atoms with Crippen molar-refractivity contribution in [1.29, 1.82) is 0 Å². The molecule has 31 heavy (non-hydrogen) atoms. The fraction of sp³-hybridized carbons (Fsp3) is 0.320. The lowest BCUT2D eigenvalue weighted by Crippen LogP contribution is -2.40. The zero-order chi connectivity index (χ0) is 21.3. The van der Waals surface area contributed by atoms with Crippen LogP contribution in [0.15, 0.2) is 60.7 Å². The van der Waals surface area contributed by atoms with Crippen LogP contribution in [0.5, 0.6) is 5.75 Å². The van der Waals surface area contributed by atoms with Gasteiger partial charge in [-0.1, -0.05) is 24.3 Å². The summed E-state index contributed by atoms with van der Waals surface area (Å²) in [4.78, 5) is 40.4. The number of halogens is 1. The average molecular weight is 417 g/mol.